The maximum absolute atomic E-state index is 13.0. The van der Waals surface area contributed by atoms with Crippen LogP contribution in [0.25, 0.3) is 0 Å². The van der Waals surface area contributed by atoms with Crippen molar-refractivity contribution in [3.8, 4) is 0 Å². The molecule has 0 bridgehead atoms. The van der Waals surface area contributed by atoms with Crippen molar-refractivity contribution < 1.29 is 17.9 Å². The average molecular weight is 338 g/mol. The van der Waals surface area contributed by atoms with E-state index in [2.05, 4.69) is 0 Å². The molecule has 7 heteroatoms. The Labute approximate surface area is 137 Å². The van der Waals surface area contributed by atoms with Gasteiger partial charge in [-0.3, -0.25) is 9.10 Å². The quantitative estimate of drug-likeness (QED) is 0.822. The third-order valence-electron chi connectivity index (χ3n) is 4.57. The maximum Gasteiger partial charge on any atom is 0.248 e. The molecule has 2 aliphatic rings. The molecule has 3 rings (SSSR count). The van der Waals surface area contributed by atoms with E-state index in [1.807, 2.05) is 24.3 Å². The van der Waals surface area contributed by atoms with E-state index in [0.29, 0.717) is 25.9 Å². The Balaban J connectivity index is 1.79. The van der Waals surface area contributed by atoms with Gasteiger partial charge in [-0.2, -0.15) is 0 Å². The van der Waals surface area contributed by atoms with Crippen molar-refractivity contribution in [2.75, 3.05) is 37.7 Å². The monoisotopic (exact) mass is 338 g/mol. The van der Waals surface area contributed by atoms with Crippen LogP contribution in [0.5, 0.6) is 0 Å². The largest absolute Gasteiger partial charge is 0.375 e. The Morgan fingerprint density at radius 3 is 2.87 bits per heavy atom. The lowest BCUT2D eigenvalue weighted by atomic mass is 10.1. The lowest BCUT2D eigenvalue weighted by molar-refractivity contribution is -0.135. The SMILES string of the molecule is COCC(=O)N1CCC[C@H](S(=O)(=O)N2CCc3ccccc32)C1. The van der Waals surface area contributed by atoms with Gasteiger partial charge in [0.05, 0.1) is 10.9 Å². The molecule has 1 atom stereocenters. The molecule has 1 aromatic carbocycles. The van der Waals surface area contributed by atoms with Crippen LogP contribution in [0, 0.1) is 0 Å². The number of sulfonamides is 1. The van der Waals surface area contributed by atoms with Crippen molar-refractivity contribution in [1.29, 1.82) is 0 Å². The molecule has 0 unspecified atom stereocenters. The fraction of sp³-hybridized carbons (Fsp3) is 0.562. The number of rotatable bonds is 4. The van der Waals surface area contributed by atoms with Crippen molar-refractivity contribution in [3.63, 3.8) is 0 Å². The topological polar surface area (TPSA) is 66.9 Å². The molecular weight excluding hydrogens is 316 g/mol. The second-order valence-corrected chi connectivity index (χ2v) is 8.17. The van der Waals surface area contributed by atoms with Gasteiger partial charge in [-0.15, -0.1) is 0 Å². The van der Waals surface area contributed by atoms with E-state index in [4.69, 9.17) is 4.74 Å². The van der Waals surface area contributed by atoms with Crippen LogP contribution in [0.1, 0.15) is 18.4 Å². The summed E-state index contributed by atoms with van der Waals surface area (Å²) in [6.07, 6.45) is 2.04. The van der Waals surface area contributed by atoms with Crippen LogP contribution in [0.3, 0.4) is 0 Å². The van der Waals surface area contributed by atoms with Crippen molar-refractivity contribution >= 4 is 21.6 Å². The zero-order chi connectivity index (χ0) is 16.4. The van der Waals surface area contributed by atoms with Crippen LogP contribution < -0.4 is 4.31 Å². The predicted octanol–water partition coefficient (Wildman–Crippen LogP) is 1.02. The van der Waals surface area contributed by atoms with Crippen molar-refractivity contribution in [2.45, 2.75) is 24.5 Å². The van der Waals surface area contributed by atoms with E-state index in [1.54, 1.807) is 4.90 Å². The molecule has 0 radical (unpaired) electrons. The van der Waals surface area contributed by atoms with Crippen molar-refractivity contribution in [1.82, 2.24) is 4.90 Å². The number of benzene rings is 1. The summed E-state index contributed by atoms with van der Waals surface area (Å²) in [5, 5.41) is -0.539. The number of hydrogen-bond donors (Lipinski definition) is 0. The Morgan fingerprint density at radius 2 is 2.09 bits per heavy atom. The molecule has 0 spiro atoms. The van der Waals surface area contributed by atoms with Crippen LogP contribution in [-0.4, -0.2) is 57.8 Å². The van der Waals surface area contributed by atoms with Gasteiger partial charge < -0.3 is 9.64 Å². The third kappa shape index (κ3) is 3.07. The van der Waals surface area contributed by atoms with Gasteiger partial charge in [0, 0.05) is 26.7 Å². The summed E-state index contributed by atoms with van der Waals surface area (Å²) in [7, 11) is -1.99. The fourth-order valence-electron chi connectivity index (χ4n) is 3.37. The highest BCUT2D eigenvalue weighted by Gasteiger charge is 2.39. The first kappa shape index (κ1) is 16.3. The summed E-state index contributed by atoms with van der Waals surface area (Å²) in [5.74, 6) is -0.144. The Morgan fingerprint density at radius 1 is 1.30 bits per heavy atom. The molecule has 23 heavy (non-hydrogen) atoms. The number of methoxy groups -OCH3 is 1. The highest BCUT2D eigenvalue weighted by atomic mass is 32.2. The molecule has 1 aromatic rings. The number of para-hydroxylation sites is 1. The molecule has 1 fully saturated rings. The first-order valence-corrected chi connectivity index (χ1v) is 9.40. The van der Waals surface area contributed by atoms with Crippen LogP contribution in [0.2, 0.25) is 0 Å². The first-order valence-electron chi connectivity index (χ1n) is 7.90. The van der Waals surface area contributed by atoms with Gasteiger partial charge in [0.15, 0.2) is 0 Å². The van der Waals surface area contributed by atoms with Crippen LogP contribution in [-0.2, 0) is 26.0 Å². The number of nitrogens with zero attached hydrogens (tertiary/aromatic N) is 2. The Bertz CT molecular complexity index is 689. The predicted molar refractivity (Wildman–Crippen MR) is 87.9 cm³/mol. The second-order valence-electron chi connectivity index (χ2n) is 6.03. The van der Waals surface area contributed by atoms with Crippen LogP contribution in [0.4, 0.5) is 5.69 Å². The van der Waals surface area contributed by atoms with Crippen LogP contribution >= 0.6 is 0 Å². The summed E-state index contributed by atoms with van der Waals surface area (Å²) < 4.78 is 32.5. The fourth-order valence-corrected chi connectivity index (χ4v) is 5.37. The van der Waals surface area contributed by atoms with Gasteiger partial charge in [-0.05, 0) is 30.9 Å². The summed E-state index contributed by atoms with van der Waals surface area (Å²) in [4.78, 5) is 13.6. The second kappa shape index (κ2) is 6.49. The Hall–Kier alpha value is -1.60. The molecule has 1 amide bonds. The first-order chi connectivity index (χ1) is 11.0. The van der Waals surface area contributed by atoms with Gasteiger partial charge in [-0.25, -0.2) is 8.42 Å². The van der Waals surface area contributed by atoms with Crippen molar-refractivity contribution in [3.05, 3.63) is 29.8 Å². The van der Waals surface area contributed by atoms with Gasteiger partial charge in [0.2, 0.25) is 15.9 Å². The van der Waals surface area contributed by atoms with Gasteiger partial charge in [0.1, 0.15) is 6.61 Å². The van der Waals surface area contributed by atoms with Gasteiger partial charge in [-0.1, -0.05) is 18.2 Å². The van der Waals surface area contributed by atoms with Gasteiger partial charge in [0.25, 0.3) is 0 Å². The molecule has 2 heterocycles. The molecule has 0 aliphatic carbocycles. The number of piperidine rings is 1. The number of hydrogen-bond acceptors (Lipinski definition) is 4. The lowest BCUT2D eigenvalue weighted by Crippen LogP contribution is -2.50. The van der Waals surface area contributed by atoms with E-state index in [0.717, 1.165) is 17.7 Å². The van der Waals surface area contributed by atoms with E-state index in [-0.39, 0.29) is 19.1 Å². The van der Waals surface area contributed by atoms with E-state index in [9.17, 15) is 13.2 Å². The minimum absolute atomic E-state index is 0.000679. The summed E-state index contributed by atoms with van der Waals surface area (Å²) in [6.45, 7) is 1.34. The molecule has 0 saturated carbocycles. The summed E-state index contributed by atoms with van der Waals surface area (Å²) in [5.41, 5.74) is 1.85. The highest BCUT2D eigenvalue weighted by molar-refractivity contribution is 7.93. The summed E-state index contributed by atoms with van der Waals surface area (Å²) >= 11 is 0. The van der Waals surface area contributed by atoms with Gasteiger partial charge >= 0.3 is 0 Å². The molecule has 0 N–H and O–H groups in total. The number of amides is 1. The van der Waals surface area contributed by atoms with E-state index < -0.39 is 15.3 Å². The average Bonchev–Trinajstić information content (AvgIpc) is 3.00. The number of anilines is 1. The smallest absolute Gasteiger partial charge is 0.248 e. The number of likely N-dealkylation sites (tertiary alicyclic amines) is 1. The van der Waals surface area contributed by atoms with Crippen molar-refractivity contribution in [2.24, 2.45) is 0 Å². The van der Waals surface area contributed by atoms with E-state index in [1.165, 1.54) is 11.4 Å². The number of fused-ring (bicyclic) bond motifs is 1. The highest BCUT2D eigenvalue weighted by Crippen LogP contribution is 2.33. The van der Waals surface area contributed by atoms with Crippen LogP contribution in [0.15, 0.2) is 24.3 Å². The molecular formula is C16H22N2O4S. The minimum atomic E-state index is -3.46. The Kier molecular flexibility index (Phi) is 4.59. The minimum Gasteiger partial charge on any atom is -0.375 e. The zero-order valence-electron chi connectivity index (χ0n) is 13.3. The standard InChI is InChI=1S/C16H22N2O4S/c1-22-12-16(19)17-9-4-6-14(11-17)23(20,21)18-10-8-13-5-2-3-7-15(13)18/h2-3,5,7,14H,4,6,8-12H2,1H3/t14-/m0/s1. The third-order valence-corrected chi connectivity index (χ3v) is 6.79. The molecule has 126 valence electrons. The molecule has 0 aromatic heterocycles. The van der Waals surface area contributed by atoms with E-state index >= 15 is 0 Å². The molecule has 2 aliphatic heterocycles. The number of carbonyl (C=O) groups excluding carboxylic acids is 1. The summed E-state index contributed by atoms with van der Waals surface area (Å²) in [6, 6.07) is 7.62. The molecule has 1 saturated heterocycles. The zero-order valence-corrected chi connectivity index (χ0v) is 14.1. The lowest BCUT2D eigenvalue weighted by Gasteiger charge is -2.34. The number of carbonyl (C=O) groups is 1. The maximum atomic E-state index is 13.0. The normalized spacial score (nSPS) is 21.3. The number of ether oxygens (including phenoxy) is 1. The molecule has 6 nitrogen and oxygen atoms in total.